The summed E-state index contributed by atoms with van der Waals surface area (Å²) in [6.45, 7) is 1.85. The van der Waals surface area contributed by atoms with E-state index >= 15 is 0 Å². The predicted molar refractivity (Wildman–Crippen MR) is 107 cm³/mol. The van der Waals surface area contributed by atoms with Gasteiger partial charge in [0.25, 0.3) is 10.1 Å². The third-order valence-electron chi connectivity index (χ3n) is 3.64. The van der Waals surface area contributed by atoms with Crippen molar-refractivity contribution in [2.75, 3.05) is 12.4 Å². The van der Waals surface area contributed by atoms with Gasteiger partial charge in [-0.2, -0.15) is 8.42 Å². The molecule has 0 bridgehead atoms. The van der Waals surface area contributed by atoms with Crippen LogP contribution in [0.4, 0.5) is 0 Å². The van der Waals surface area contributed by atoms with Crippen molar-refractivity contribution >= 4 is 16.1 Å². The monoisotopic (exact) mass is 386 g/mol. The number of carbonyl (C=O) groups is 1. The van der Waals surface area contributed by atoms with E-state index in [-0.39, 0.29) is 6.61 Å². The normalized spacial score (nSPS) is 12.5. The number of hydrogen-bond donors (Lipinski definition) is 1. The lowest BCUT2D eigenvalue weighted by Gasteiger charge is -2.03. The third-order valence-corrected chi connectivity index (χ3v) is 4.32. The van der Waals surface area contributed by atoms with Crippen molar-refractivity contribution in [3.8, 4) is 0 Å². The van der Waals surface area contributed by atoms with Gasteiger partial charge in [0.15, 0.2) is 0 Å². The lowest BCUT2D eigenvalue weighted by molar-refractivity contribution is -0.143. The SMILES string of the molecule is CC/C=C\C/C=C/C/C=C/CCCCCCCC(=O)OCCS(=O)(=O)O. The Labute approximate surface area is 159 Å². The van der Waals surface area contributed by atoms with E-state index in [1.807, 2.05) is 0 Å². The Bertz CT molecular complexity index is 532. The topological polar surface area (TPSA) is 80.7 Å². The lowest BCUT2D eigenvalue weighted by atomic mass is 10.1. The van der Waals surface area contributed by atoms with E-state index in [1.54, 1.807) is 0 Å². The lowest BCUT2D eigenvalue weighted by Crippen LogP contribution is -2.14. The first-order valence-electron chi connectivity index (χ1n) is 9.51. The van der Waals surface area contributed by atoms with Crippen LogP contribution in [0, 0.1) is 0 Å². The summed E-state index contributed by atoms with van der Waals surface area (Å²) in [6.07, 6.45) is 22.7. The van der Waals surface area contributed by atoms with Gasteiger partial charge in [-0.25, -0.2) is 0 Å². The molecule has 150 valence electrons. The minimum atomic E-state index is -4.06. The summed E-state index contributed by atoms with van der Waals surface area (Å²) in [6, 6.07) is 0. The van der Waals surface area contributed by atoms with Gasteiger partial charge in [0.2, 0.25) is 0 Å². The summed E-state index contributed by atoms with van der Waals surface area (Å²) >= 11 is 0. The fraction of sp³-hybridized carbons (Fsp3) is 0.650. The molecule has 0 aromatic carbocycles. The Balaban J connectivity index is 3.39. The highest BCUT2D eigenvalue weighted by Gasteiger charge is 2.07. The van der Waals surface area contributed by atoms with Crippen LogP contribution in [0.2, 0.25) is 0 Å². The fourth-order valence-corrected chi connectivity index (χ4v) is 2.52. The quantitative estimate of drug-likeness (QED) is 0.175. The second-order valence-corrected chi connectivity index (χ2v) is 7.68. The second kappa shape index (κ2) is 17.0. The summed E-state index contributed by atoms with van der Waals surface area (Å²) in [5.41, 5.74) is 0. The molecule has 0 heterocycles. The number of unbranched alkanes of at least 4 members (excludes halogenated alkanes) is 5. The van der Waals surface area contributed by atoms with Gasteiger partial charge in [-0.15, -0.1) is 0 Å². The van der Waals surface area contributed by atoms with E-state index in [4.69, 9.17) is 9.29 Å². The van der Waals surface area contributed by atoms with Crippen molar-refractivity contribution in [3.63, 3.8) is 0 Å². The summed E-state index contributed by atoms with van der Waals surface area (Å²) in [7, 11) is -4.06. The van der Waals surface area contributed by atoms with E-state index in [0.29, 0.717) is 6.42 Å². The number of carbonyl (C=O) groups excluding carboxylic acids is 1. The molecule has 0 atom stereocenters. The van der Waals surface area contributed by atoms with Gasteiger partial charge in [-0.05, 0) is 38.5 Å². The predicted octanol–water partition coefficient (Wildman–Crippen LogP) is 5.01. The highest BCUT2D eigenvalue weighted by Crippen LogP contribution is 2.08. The second-order valence-electron chi connectivity index (χ2n) is 6.11. The molecule has 6 heteroatoms. The van der Waals surface area contributed by atoms with Crippen LogP contribution in [0.25, 0.3) is 0 Å². The van der Waals surface area contributed by atoms with Crippen LogP contribution in [-0.2, 0) is 19.6 Å². The van der Waals surface area contributed by atoms with Gasteiger partial charge in [-0.3, -0.25) is 9.35 Å². The van der Waals surface area contributed by atoms with Gasteiger partial charge in [-0.1, -0.05) is 62.6 Å². The zero-order valence-corrected chi connectivity index (χ0v) is 16.8. The Morgan fingerprint density at radius 2 is 1.46 bits per heavy atom. The van der Waals surface area contributed by atoms with Crippen LogP contribution in [0.3, 0.4) is 0 Å². The minimum absolute atomic E-state index is 0.283. The van der Waals surface area contributed by atoms with Crippen molar-refractivity contribution in [1.82, 2.24) is 0 Å². The molecule has 0 aliphatic carbocycles. The van der Waals surface area contributed by atoms with E-state index in [2.05, 4.69) is 43.4 Å². The smallest absolute Gasteiger partial charge is 0.305 e. The maximum Gasteiger partial charge on any atom is 0.305 e. The van der Waals surface area contributed by atoms with Crippen molar-refractivity contribution in [3.05, 3.63) is 36.5 Å². The Hall–Kier alpha value is -1.40. The van der Waals surface area contributed by atoms with Gasteiger partial charge in [0.05, 0.1) is 0 Å². The molecule has 0 saturated carbocycles. The number of rotatable bonds is 16. The molecule has 26 heavy (non-hydrogen) atoms. The molecule has 0 fully saturated rings. The van der Waals surface area contributed by atoms with Gasteiger partial charge < -0.3 is 4.74 Å². The van der Waals surface area contributed by atoms with Gasteiger partial charge in [0, 0.05) is 6.42 Å². The third kappa shape index (κ3) is 20.6. The molecule has 0 aromatic heterocycles. The van der Waals surface area contributed by atoms with Crippen LogP contribution in [0.1, 0.15) is 71.1 Å². The van der Waals surface area contributed by atoms with Crippen LogP contribution in [0.5, 0.6) is 0 Å². The molecule has 1 N–H and O–H groups in total. The van der Waals surface area contributed by atoms with E-state index in [1.165, 1.54) is 0 Å². The van der Waals surface area contributed by atoms with Crippen LogP contribution < -0.4 is 0 Å². The van der Waals surface area contributed by atoms with Crippen molar-refractivity contribution < 1.29 is 22.5 Å². The average molecular weight is 387 g/mol. The highest BCUT2D eigenvalue weighted by molar-refractivity contribution is 7.85. The van der Waals surface area contributed by atoms with Crippen molar-refractivity contribution in [2.45, 2.75) is 71.1 Å². The standard InChI is InChI=1S/C20H34O5S/c1-2-3-4-5-6-7-8-9-10-11-12-13-14-15-16-17-20(21)25-18-19-26(22,23)24/h3-4,6-7,9-10H,2,5,8,11-19H2,1H3,(H,22,23,24)/b4-3-,7-6+,10-9+. The fourth-order valence-electron chi connectivity index (χ4n) is 2.22. The maximum absolute atomic E-state index is 11.3. The first-order valence-corrected chi connectivity index (χ1v) is 11.1. The number of ether oxygens (including phenoxy) is 1. The molecule has 0 rings (SSSR count). The van der Waals surface area contributed by atoms with E-state index in [0.717, 1.165) is 57.8 Å². The molecular weight excluding hydrogens is 352 g/mol. The first kappa shape index (κ1) is 24.6. The summed E-state index contributed by atoms with van der Waals surface area (Å²) < 4.78 is 34.2. The van der Waals surface area contributed by atoms with E-state index in [9.17, 15) is 13.2 Å². The van der Waals surface area contributed by atoms with Crippen LogP contribution >= 0.6 is 0 Å². The molecule has 0 radical (unpaired) electrons. The van der Waals surface area contributed by atoms with E-state index < -0.39 is 21.8 Å². The number of allylic oxidation sites excluding steroid dienone is 6. The Morgan fingerprint density at radius 1 is 0.885 bits per heavy atom. The highest BCUT2D eigenvalue weighted by atomic mass is 32.2. The van der Waals surface area contributed by atoms with Crippen molar-refractivity contribution in [2.24, 2.45) is 0 Å². The maximum atomic E-state index is 11.3. The van der Waals surface area contributed by atoms with Crippen LogP contribution in [-0.4, -0.2) is 31.3 Å². The number of hydrogen-bond acceptors (Lipinski definition) is 4. The Morgan fingerprint density at radius 3 is 2.12 bits per heavy atom. The Kier molecular flexibility index (Phi) is 16.1. The molecule has 0 spiro atoms. The minimum Gasteiger partial charge on any atom is -0.464 e. The van der Waals surface area contributed by atoms with Gasteiger partial charge >= 0.3 is 5.97 Å². The molecule has 0 amide bonds. The van der Waals surface area contributed by atoms with Crippen molar-refractivity contribution in [1.29, 1.82) is 0 Å². The molecule has 0 aromatic rings. The van der Waals surface area contributed by atoms with Gasteiger partial charge in [0.1, 0.15) is 12.4 Å². The average Bonchev–Trinajstić information content (AvgIpc) is 2.57. The number of esters is 1. The summed E-state index contributed by atoms with van der Waals surface area (Å²) in [5, 5.41) is 0. The molecule has 0 aliphatic rings. The molecule has 0 aliphatic heterocycles. The zero-order chi connectivity index (χ0) is 19.5. The summed E-state index contributed by atoms with van der Waals surface area (Å²) in [4.78, 5) is 11.3. The van der Waals surface area contributed by atoms with Crippen LogP contribution in [0.15, 0.2) is 36.5 Å². The molecule has 0 saturated heterocycles. The first-order chi connectivity index (χ1) is 12.5. The summed E-state index contributed by atoms with van der Waals surface area (Å²) in [5.74, 6) is -0.951. The zero-order valence-electron chi connectivity index (χ0n) is 15.9. The molecule has 5 nitrogen and oxygen atoms in total. The largest absolute Gasteiger partial charge is 0.464 e. The molecule has 0 unspecified atom stereocenters. The molecular formula is C20H34O5S.